The summed E-state index contributed by atoms with van der Waals surface area (Å²) in [7, 11) is -3.52. The van der Waals surface area contributed by atoms with Crippen LogP contribution in [0.15, 0.2) is 48.0 Å². The van der Waals surface area contributed by atoms with E-state index >= 15 is 4.39 Å². The maximum absolute atomic E-state index is 15.1. The number of benzene rings is 1. The van der Waals surface area contributed by atoms with E-state index in [2.05, 4.69) is 31.8 Å². The predicted molar refractivity (Wildman–Crippen MR) is 144 cm³/mol. The van der Waals surface area contributed by atoms with Crippen molar-refractivity contribution in [3.05, 3.63) is 54.5 Å². The molecular formula is C27H31FN6O3S. The molecule has 1 aromatic carbocycles. The molecular weight excluding hydrogens is 507 g/mol. The first-order chi connectivity index (χ1) is 18.3. The molecule has 1 aliphatic rings. The molecule has 0 N–H and O–H groups in total. The molecule has 4 heterocycles. The highest BCUT2D eigenvalue weighted by Crippen LogP contribution is 2.36. The highest BCUT2D eigenvalue weighted by molar-refractivity contribution is 7.90. The fourth-order valence-corrected chi connectivity index (χ4v) is 5.47. The third kappa shape index (κ3) is 5.20. The number of hydrogen-bond acceptors (Lipinski definition) is 8. The lowest BCUT2D eigenvalue weighted by atomic mass is 10.1. The number of rotatable bonds is 8. The lowest BCUT2D eigenvalue weighted by Crippen LogP contribution is -2.39. The average Bonchev–Trinajstić information content (AvgIpc) is 3.29. The molecule has 0 spiro atoms. The van der Waals surface area contributed by atoms with Gasteiger partial charge in [0, 0.05) is 68.4 Å². The van der Waals surface area contributed by atoms with Crippen LogP contribution in [0.1, 0.15) is 38.7 Å². The Hall–Kier alpha value is -3.60. The molecule has 0 bridgehead atoms. The van der Waals surface area contributed by atoms with Crippen molar-refractivity contribution in [2.75, 3.05) is 24.2 Å². The van der Waals surface area contributed by atoms with Crippen LogP contribution in [0.5, 0.6) is 5.88 Å². The zero-order valence-corrected chi connectivity index (χ0v) is 22.6. The van der Waals surface area contributed by atoms with E-state index in [9.17, 15) is 8.42 Å². The highest BCUT2D eigenvalue weighted by atomic mass is 32.2. The van der Waals surface area contributed by atoms with Gasteiger partial charge in [-0.05, 0) is 31.0 Å². The monoisotopic (exact) mass is 538 g/mol. The summed E-state index contributed by atoms with van der Waals surface area (Å²) < 4.78 is 47.1. The van der Waals surface area contributed by atoms with Crippen molar-refractivity contribution in [2.24, 2.45) is 0 Å². The number of sulfone groups is 1. The second-order valence-corrected chi connectivity index (χ2v) is 11.6. The summed E-state index contributed by atoms with van der Waals surface area (Å²) >= 11 is 0. The zero-order chi connectivity index (χ0) is 26.9. The van der Waals surface area contributed by atoms with Gasteiger partial charge in [-0.25, -0.2) is 27.8 Å². The molecule has 3 aromatic heterocycles. The van der Waals surface area contributed by atoms with Crippen molar-refractivity contribution >= 4 is 26.8 Å². The summed E-state index contributed by atoms with van der Waals surface area (Å²) in [6.07, 6.45) is 11.7. The lowest BCUT2D eigenvalue weighted by Gasteiger charge is -2.32. The van der Waals surface area contributed by atoms with Gasteiger partial charge in [-0.3, -0.25) is 0 Å². The van der Waals surface area contributed by atoms with E-state index in [0.29, 0.717) is 29.0 Å². The average molecular weight is 539 g/mol. The standard InChI is InChI=1S/C27H31FN6O3S/c1-4-6-18-14-29-27(30-15-18)34-11-9-19(10-12-34)37-26-25-24(31-17-32-26)22(16-33(25)5-2)21-8-7-20(13-23(21)28)38(3,35)36/h7-8,13-17,19H,4-6,9-12H2,1-3H3. The number of ether oxygens (including phenoxy) is 1. The van der Waals surface area contributed by atoms with Crippen LogP contribution < -0.4 is 9.64 Å². The Balaban J connectivity index is 1.37. The van der Waals surface area contributed by atoms with Gasteiger partial charge in [-0.2, -0.15) is 4.98 Å². The first kappa shape index (κ1) is 26.0. The van der Waals surface area contributed by atoms with E-state index in [4.69, 9.17) is 4.74 Å². The molecule has 1 saturated heterocycles. The molecule has 5 rings (SSSR count). The maximum atomic E-state index is 15.1. The lowest BCUT2D eigenvalue weighted by molar-refractivity contribution is 0.165. The third-order valence-electron chi connectivity index (χ3n) is 6.85. The van der Waals surface area contributed by atoms with E-state index < -0.39 is 15.7 Å². The molecule has 38 heavy (non-hydrogen) atoms. The molecule has 200 valence electrons. The molecule has 0 saturated carbocycles. The molecule has 4 aromatic rings. The van der Waals surface area contributed by atoms with Crippen molar-refractivity contribution in [1.82, 2.24) is 24.5 Å². The van der Waals surface area contributed by atoms with Gasteiger partial charge in [0.1, 0.15) is 29.3 Å². The van der Waals surface area contributed by atoms with Crippen LogP contribution in [0.2, 0.25) is 0 Å². The summed E-state index contributed by atoms with van der Waals surface area (Å²) in [5.41, 5.74) is 3.23. The molecule has 0 radical (unpaired) electrons. The van der Waals surface area contributed by atoms with E-state index in [-0.39, 0.29) is 16.6 Å². The van der Waals surface area contributed by atoms with Gasteiger partial charge < -0.3 is 14.2 Å². The van der Waals surface area contributed by atoms with Crippen molar-refractivity contribution < 1.29 is 17.5 Å². The number of fused-ring (bicyclic) bond motifs is 1. The Kier molecular flexibility index (Phi) is 7.29. The minimum absolute atomic E-state index is 0.0434. The van der Waals surface area contributed by atoms with Crippen LogP contribution in [-0.4, -0.2) is 58.4 Å². The van der Waals surface area contributed by atoms with E-state index in [1.807, 2.05) is 30.1 Å². The van der Waals surface area contributed by atoms with E-state index in [1.54, 1.807) is 0 Å². The van der Waals surface area contributed by atoms with Crippen LogP contribution in [-0.2, 0) is 22.8 Å². The van der Waals surface area contributed by atoms with Gasteiger partial charge >= 0.3 is 0 Å². The SMILES string of the molecule is CCCc1cnc(N2CCC(Oc3ncnc4c(-c5ccc(S(C)(=O)=O)cc5F)cn(CC)c34)CC2)nc1. The van der Waals surface area contributed by atoms with Crippen molar-refractivity contribution in [3.63, 3.8) is 0 Å². The number of hydrogen-bond donors (Lipinski definition) is 0. The van der Waals surface area contributed by atoms with Gasteiger partial charge in [-0.1, -0.05) is 19.4 Å². The van der Waals surface area contributed by atoms with Crippen molar-refractivity contribution in [1.29, 1.82) is 0 Å². The minimum atomic E-state index is -3.52. The molecule has 1 aliphatic heterocycles. The molecule has 0 amide bonds. The minimum Gasteiger partial charge on any atom is -0.473 e. The van der Waals surface area contributed by atoms with Gasteiger partial charge in [0.15, 0.2) is 9.84 Å². The predicted octanol–water partition coefficient (Wildman–Crippen LogP) is 4.45. The Morgan fingerprint density at radius 1 is 1.05 bits per heavy atom. The van der Waals surface area contributed by atoms with Gasteiger partial charge in [-0.15, -0.1) is 0 Å². The second-order valence-electron chi connectivity index (χ2n) is 9.56. The zero-order valence-electron chi connectivity index (χ0n) is 21.8. The fourth-order valence-electron chi connectivity index (χ4n) is 4.84. The Bertz CT molecular complexity index is 1550. The molecule has 0 aliphatic carbocycles. The largest absolute Gasteiger partial charge is 0.473 e. The number of aromatic nitrogens is 5. The van der Waals surface area contributed by atoms with Crippen LogP contribution in [0, 0.1) is 5.82 Å². The van der Waals surface area contributed by atoms with Crippen molar-refractivity contribution in [2.45, 2.75) is 57.1 Å². The first-order valence-electron chi connectivity index (χ1n) is 12.8. The Morgan fingerprint density at radius 3 is 2.42 bits per heavy atom. The summed E-state index contributed by atoms with van der Waals surface area (Å²) in [5, 5.41) is 0. The smallest absolute Gasteiger partial charge is 0.242 e. The van der Waals surface area contributed by atoms with Crippen LogP contribution in [0.25, 0.3) is 22.2 Å². The topological polar surface area (TPSA) is 103 Å². The summed E-state index contributed by atoms with van der Waals surface area (Å²) in [6.45, 7) is 6.26. The van der Waals surface area contributed by atoms with Crippen LogP contribution in [0.4, 0.5) is 10.3 Å². The van der Waals surface area contributed by atoms with Gasteiger partial charge in [0.25, 0.3) is 0 Å². The molecule has 0 unspecified atom stereocenters. The first-order valence-corrected chi connectivity index (χ1v) is 14.7. The highest BCUT2D eigenvalue weighted by Gasteiger charge is 2.25. The Labute approximate surface area is 221 Å². The molecule has 9 nitrogen and oxygen atoms in total. The van der Waals surface area contributed by atoms with Gasteiger partial charge in [0.05, 0.1) is 4.90 Å². The number of piperidine rings is 1. The maximum Gasteiger partial charge on any atom is 0.242 e. The summed E-state index contributed by atoms with van der Waals surface area (Å²) in [4.78, 5) is 20.0. The van der Waals surface area contributed by atoms with Crippen LogP contribution in [0.3, 0.4) is 0 Å². The number of halogens is 1. The molecule has 0 atom stereocenters. The number of anilines is 1. The quantitative estimate of drug-likeness (QED) is 0.324. The fraction of sp³-hybridized carbons (Fsp3) is 0.407. The molecule has 1 fully saturated rings. The summed E-state index contributed by atoms with van der Waals surface area (Å²) in [6, 6.07) is 3.94. The van der Waals surface area contributed by atoms with E-state index in [0.717, 1.165) is 62.6 Å². The Morgan fingerprint density at radius 2 is 1.79 bits per heavy atom. The molecule has 11 heteroatoms. The van der Waals surface area contributed by atoms with Crippen LogP contribution >= 0.6 is 0 Å². The number of nitrogens with zero attached hydrogens (tertiary/aromatic N) is 6. The van der Waals surface area contributed by atoms with E-state index in [1.165, 1.54) is 18.5 Å². The van der Waals surface area contributed by atoms with Crippen molar-refractivity contribution in [3.8, 4) is 17.0 Å². The third-order valence-corrected chi connectivity index (χ3v) is 7.96. The number of aryl methyl sites for hydroxylation is 2. The van der Waals surface area contributed by atoms with Gasteiger partial charge in [0.2, 0.25) is 11.8 Å². The second kappa shape index (κ2) is 10.6. The normalized spacial score (nSPS) is 14.8. The summed E-state index contributed by atoms with van der Waals surface area (Å²) in [5.74, 6) is 0.567.